The molecule has 1 unspecified atom stereocenters. The van der Waals surface area contributed by atoms with Crippen molar-refractivity contribution in [3.05, 3.63) is 47.8 Å². The number of aromatic amines is 1. The summed E-state index contributed by atoms with van der Waals surface area (Å²) in [7, 11) is 0. The van der Waals surface area contributed by atoms with Gasteiger partial charge >= 0.3 is 0 Å². The Morgan fingerprint density at radius 3 is 2.94 bits per heavy atom. The highest BCUT2D eigenvalue weighted by Gasteiger charge is 2.07. The van der Waals surface area contributed by atoms with Crippen LogP contribution in [0.2, 0.25) is 0 Å². The molecule has 0 spiro atoms. The Labute approximate surface area is 107 Å². The minimum absolute atomic E-state index is 0.262. The average Bonchev–Trinajstić information content (AvgIpc) is 2.92. The van der Waals surface area contributed by atoms with Gasteiger partial charge in [-0.05, 0) is 19.9 Å². The van der Waals surface area contributed by atoms with Gasteiger partial charge in [-0.3, -0.25) is 5.10 Å². The van der Waals surface area contributed by atoms with Crippen LogP contribution in [0.3, 0.4) is 0 Å². The summed E-state index contributed by atoms with van der Waals surface area (Å²) in [6, 6.07) is 8.37. The highest BCUT2D eigenvalue weighted by atomic mass is 16.5. The average molecular weight is 245 g/mol. The van der Waals surface area contributed by atoms with Crippen molar-refractivity contribution in [2.45, 2.75) is 26.4 Å². The summed E-state index contributed by atoms with van der Waals surface area (Å²) < 4.78 is 5.60. The summed E-state index contributed by atoms with van der Waals surface area (Å²) in [5.41, 5.74) is 2.33. The Bertz CT molecular complexity index is 468. The van der Waals surface area contributed by atoms with Gasteiger partial charge in [-0.1, -0.05) is 18.2 Å². The molecule has 1 heterocycles. The number of nitrogens with one attached hydrogen (secondary N) is 2. The lowest BCUT2D eigenvalue weighted by atomic mass is 10.1. The van der Waals surface area contributed by atoms with Crippen LogP contribution in [0.1, 0.15) is 31.0 Å². The van der Waals surface area contributed by atoms with Crippen LogP contribution in [0.25, 0.3) is 0 Å². The Hall–Kier alpha value is -1.81. The molecule has 96 valence electrons. The van der Waals surface area contributed by atoms with Gasteiger partial charge in [0.2, 0.25) is 0 Å². The van der Waals surface area contributed by atoms with Crippen molar-refractivity contribution in [2.24, 2.45) is 0 Å². The fourth-order valence-corrected chi connectivity index (χ4v) is 1.82. The Balaban J connectivity index is 1.97. The Kier molecular flexibility index (Phi) is 4.36. The molecule has 18 heavy (non-hydrogen) atoms. The van der Waals surface area contributed by atoms with E-state index < -0.39 is 0 Å². The molecule has 2 N–H and O–H groups in total. The first-order chi connectivity index (χ1) is 8.81. The van der Waals surface area contributed by atoms with Crippen molar-refractivity contribution in [1.29, 1.82) is 0 Å². The van der Waals surface area contributed by atoms with Crippen molar-refractivity contribution in [3.63, 3.8) is 0 Å². The van der Waals surface area contributed by atoms with Crippen molar-refractivity contribution >= 4 is 0 Å². The maximum Gasteiger partial charge on any atom is 0.123 e. The molecule has 0 amide bonds. The molecule has 0 bridgehead atoms. The molecule has 0 saturated heterocycles. The number of H-pyrrole nitrogens is 1. The van der Waals surface area contributed by atoms with Crippen LogP contribution in [-0.4, -0.2) is 16.8 Å². The second-order valence-corrected chi connectivity index (χ2v) is 4.17. The van der Waals surface area contributed by atoms with Crippen LogP contribution in [0.4, 0.5) is 0 Å². The number of rotatable bonds is 6. The summed E-state index contributed by atoms with van der Waals surface area (Å²) in [4.78, 5) is 0. The zero-order valence-corrected chi connectivity index (χ0v) is 10.8. The predicted octanol–water partition coefficient (Wildman–Crippen LogP) is 2.66. The number of ether oxygens (including phenoxy) is 1. The summed E-state index contributed by atoms with van der Waals surface area (Å²) in [6.07, 6.45) is 3.75. The van der Waals surface area contributed by atoms with Gasteiger partial charge in [0.15, 0.2) is 0 Å². The van der Waals surface area contributed by atoms with Crippen LogP contribution < -0.4 is 10.1 Å². The van der Waals surface area contributed by atoms with Crippen LogP contribution >= 0.6 is 0 Å². The zero-order chi connectivity index (χ0) is 12.8. The van der Waals surface area contributed by atoms with E-state index in [0.29, 0.717) is 6.61 Å². The second kappa shape index (κ2) is 6.21. The molecule has 0 aliphatic rings. The van der Waals surface area contributed by atoms with E-state index in [0.717, 1.165) is 17.9 Å². The highest BCUT2D eigenvalue weighted by molar-refractivity contribution is 5.33. The molecule has 1 aromatic heterocycles. The normalized spacial score (nSPS) is 12.3. The van der Waals surface area contributed by atoms with Gasteiger partial charge in [-0.25, -0.2) is 0 Å². The van der Waals surface area contributed by atoms with Crippen molar-refractivity contribution < 1.29 is 4.74 Å². The lowest BCUT2D eigenvalue weighted by Gasteiger charge is -2.14. The molecule has 0 radical (unpaired) electrons. The van der Waals surface area contributed by atoms with E-state index >= 15 is 0 Å². The molecule has 0 fully saturated rings. The summed E-state index contributed by atoms with van der Waals surface area (Å²) in [5, 5.41) is 10.2. The number of hydrogen-bond acceptors (Lipinski definition) is 3. The lowest BCUT2D eigenvalue weighted by Crippen LogP contribution is -2.18. The maximum absolute atomic E-state index is 5.60. The molecule has 4 nitrogen and oxygen atoms in total. The van der Waals surface area contributed by atoms with Gasteiger partial charge in [0.25, 0.3) is 0 Å². The van der Waals surface area contributed by atoms with Gasteiger partial charge in [-0.15, -0.1) is 0 Å². The number of hydrogen-bond donors (Lipinski definition) is 2. The minimum atomic E-state index is 0.262. The quantitative estimate of drug-likeness (QED) is 0.822. The topological polar surface area (TPSA) is 49.9 Å². The van der Waals surface area contributed by atoms with Crippen LogP contribution in [0.5, 0.6) is 5.75 Å². The van der Waals surface area contributed by atoms with E-state index in [4.69, 9.17) is 4.74 Å². The highest BCUT2D eigenvalue weighted by Crippen LogP contribution is 2.19. The number of para-hydroxylation sites is 1. The number of benzene rings is 1. The molecule has 4 heteroatoms. The monoisotopic (exact) mass is 245 g/mol. The molecule has 1 aromatic carbocycles. The van der Waals surface area contributed by atoms with Crippen molar-refractivity contribution in [2.75, 3.05) is 6.61 Å². The molecule has 2 aromatic rings. The lowest BCUT2D eigenvalue weighted by molar-refractivity contribution is 0.335. The van der Waals surface area contributed by atoms with E-state index in [1.165, 1.54) is 5.56 Å². The van der Waals surface area contributed by atoms with Gasteiger partial charge < -0.3 is 10.1 Å². The molecule has 0 aliphatic carbocycles. The second-order valence-electron chi connectivity index (χ2n) is 4.17. The molecule has 0 aliphatic heterocycles. The van der Waals surface area contributed by atoms with Gasteiger partial charge in [0.05, 0.1) is 12.8 Å². The summed E-state index contributed by atoms with van der Waals surface area (Å²) >= 11 is 0. The third-order valence-electron chi connectivity index (χ3n) is 2.89. The van der Waals surface area contributed by atoms with Crippen molar-refractivity contribution in [3.8, 4) is 5.75 Å². The van der Waals surface area contributed by atoms with Crippen LogP contribution in [0.15, 0.2) is 36.7 Å². The summed E-state index contributed by atoms with van der Waals surface area (Å²) in [6.45, 7) is 5.59. The first kappa shape index (κ1) is 12.6. The molecule has 2 rings (SSSR count). The third kappa shape index (κ3) is 3.11. The van der Waals surface area contributed by atoms with Gasteiger partial charge in [0, 0.05) is 29.9 Å². The van der Waals surface area contributed by atoms with E-state index in [1.807, 2.05) is 37.5 Å². The zero-order valence-electron chi connectivity index (χ0n) is 10.8. The summed E-state index contributed by atoms with van der Waals surface area (Å²) in [5.74, 6) is 0.951. The van der Waals surface area contributed by atoms with Gasteiger partial charge in [0.1, 0.15) is 5.75 Å². The SMILES string of the molecule is CCOc1ccccc1CNC(C)c1cn[nH]c1. The molecule has 1 atom stereocenters. The van der Waals surface area contributed by atoms with Crippen LogP contribution in [-0.2, 0) is 6.54 Å². The van der Waals surface area contributed by atoms with E-state index in [1.54, 1.807) is 0 Å². The number of nitrogens with zero attached hydrogens (tertiary/aromatic N) is 1. The standard InChI is InChI=1S/C14H19N3O/c1-3-18-14-7-5-4-6-12(14)8-15-11(2)13-9-16-17-10-13/h4-7,9-11,15H,3,8H2,1-2H3,(H,16,17). The van der Waals surface area contributed by atoms with E-state index in [2.05, 4.69) is 28.5 Å². The maximum atomic E-state index is 5.60. The fraction of sp³-hybridized carbons (Fsp3) is 0.357. The molecule has 0 saturated carbocycles. The minimum Gasteiger partial charge on any atom is -0.494 e. The smallest absolute Gasteiger partial charge is 0.123 e. The van der Waals surface area contributed by atoms with E-state index in [9.17, 15) is 0 Å². The van der Waals surface area contributed by atoms with Gasteiger partial charge in [-0.2, -0.15) is 5.10 Å². The fourth-order valence-electron chi connectivity index (χ4n) is 1.82. The first-order valence-corrected chi connectivity index (χ1v) is 6.24. The Morgan fingerprint density at radius 2 is 2.22 bits per heavy atom. The molecular weight excluding hydrogens is 226 g/mol. The predicted molar refractivity (Wildman–Crippen MR) is 71.5 cm³/mol. The Morgan fingerprint density at radius 1 is 1.39 bits per heavy atom. The van der Waals surface area contributed by atoms with E-state index in [-0.39, 0.29) is 6.04 Å². The first-order valence-electron chi connectivity index (χ1n) is 6.24. The largest absolute Gasteiger partial charge is 0.494 e. The third-order valence-corrected chi connectivity index (χ3v) is 2.89. The molecular formula is C14H19N3O. The number of aromatic nitrogens is 2. The van der Waals surface area contributed by atoms with Crippen LogP contribution in [0, 0.1) is 0 Å². The van der Waals surface area contributed by atoms with Crippen molar-refractivity contribution in [1.82, 2.24) is 15.5 Å².